The molecule has 3 rings (SSSR count). The van der Waals surface area contributed by atoms with E-state index in [4.69, 9.17) is 4.74 Å². The SMILES string of the molecule is O=C(C1=COCCC1)N1CCc2ccc(Br)cc21. The van der Waals surface area contributed by atoms with Crippen LogP contribution in [0.1, 0.15) is 18.4 Å². The molecule has 0 atom stereocenters. The van der Waals surface area contributed by atoms with Crippen LogP contribution in [0.2, 0.25) is 0 Å². The number of carbonyl (C=O) groups excluding carboxylic acids is 1. The first-order valence-electron chi connectivity index (χ1n) is 6.16. The van der Waals surface area contributed by atoms with Gasteiger partial charge in [0, 0.05) is 16.7 Å². The van der Waals surface area contributed by atoms with E-state index in [1.54, 1.807) is 6.26 Å². The van der Waals surface area contributed by atoms with Crippen LogP contribution in [0.4, 0.5) is 5.69 Å². The van der Waals surface area contributed by atoms with Crippen molar-refractivity contribution in [3.8, 4) is 0 Å². The Labute approximate surface area is 115 Å². The first-order valence-corrected chi connectivity index (χ1v) is 6.96. The molecule has 4 heteroatoms. The maximum absolute atomic E-state index is 12.4. The summed E-state index contributed by atoms with van der Waals surface area (Å²) >= 11 is 3.46. The van der Waals surface area contributed by atoms with Crippen LogP contribution in [-0.4, -0.2) is 19.1 Å². The number of halogens is 1. The molecule has 0 saturated carbocycles. The second kappa shape index (κ2) is 4.76. The van der Waals surface area contributed by atoms with Gasteiger partial charge < -0.3 is 9.64 Å². The first-order chi connectivity index (χ1) is 8.75. The number of fused-ring (bicyclic) bond motifs is 1. The number of ether oxygens (including phenoxy) is 1. The Morgan fingerprint density at radius 2 is 2.22 bits per heavy atom. The fourth-order valence-electron chi connectivity index (χ4n) is 2.46. The molecule has 1 amide bonds. The van der Waals surface area contributed by atoms with Crippen molar-refractivity contribution in [1.29, 1.82) is 0 Å². The number of amides is 1. The molecule has 18 heavy (non-hydrogen) atoms. The fourth-order valence-corrected chi connectivity index (χ4v) is 2.81. The Morgan fingerprint density at radius 3 is 3.00 bits per heavy atom. The molecule has 0 saturated heterocycles. The smallest absolute Gasteiger partial charge is 0.257 e. The lowest BCUT2D eigenvalue weighted by molar-refractivity contribution is -0.115. The van der Waals surface area contributed by atoms with Gasteiger partial charge in [0.05, 0.1) is 18.4 Å². The molecule has 2 heterocycles. The lowest BCUT2D eigenvalue weighted by atomic mass is 10.1. The van der Waals surface area contributed by atoms with Crippen LogP contribution >= 0.6 is 15.9 Å². The summed E-state index contributed by atoms with van der Waals surface area (Å²) in [6.07, 6.45) is 4.31. The van der Waals surface area contributed by atoms with Gasteiger partial charge in [0.2, 0.25) is 0 Å². The molecule has 1 aromatic carbocycles. The van der Waals surface area contributed by atoms with Crippen molar-refractivity contribution in [3.05, 3.63) is 40.1 Å². The Morgan fingerprint density at radius 1 is 1.33 bits per heavy atom. The molecule has 0 spiro atoms. The zero-order chi connectivity index (χ0) is 12.5. The molecule has 1 aromatic rings. The van der Waals surface area contributed by atoms with Gasteiger partial charge in [-0.25, -0.2) is 0 Å². The van der Waals surface area contributed by atoms with Gasteiger partial charge in [-0.2, -0.15) is 0 Å². The third-order valence-corrected chi connectivity index (χ3v) is 3.89. The van der Waals surface area contributed by atoms with E-state index in [0.29, 0.717) is 0 Å². The fraction of sp³-hybridized carbons (Fsp3) is 0.357. The van der Waals surface area contributed by atoms with Gasteiger partial charge in [-0.3, -0.25) is 4.79 Å². The van der Waals surface area contributed by atoms with Gasteiger partial charge in [-0.05, 0) is 37.0 Å². The van der Waals surface area contributed by atoms with E-state index in [-0.39, 0.29) is 5.91 Å². The van der Waals surface area contributed by atoms with Gasteiger partial charge in [-0.15, -0.1) is 0 Å². The minimum atomic E-state index is 0.0894. The van der Waals surface area contributed by atoms with E-state index in [0.717, 1.165) is 48.1 Å². The van der Waals surface area contributed by atoms with Crippen molar-refractivity contribution >= 4 is 27.5 Å². The van der Waals surface area contributed by atoms with Gasteiger partial charge in [0.15, 0.2) is 0 Å². The molecular formula is C14H14BrNO2. The third kappa shape index (κ3) is 2.05. The average molecular weight is 308 g/mol. The standard InChI is InChI=1S/C14H14BrNO2/c15-12-4-3-10-5-6-16(13(10)8-12)14(17)11-2-1-7-18-9-11/h3-4,8-9H,1-2,5-7H2. The van der Waals surface area contributed by atoms with Gasteiger partial charge in [-0.1, -0.05) is 22.0 Å². The normalized spacial score (nSPS) is 18.1. The summed E-state index contributed by atoms with van der Waals surface area (Å²) < 4.78 is 6.26. The molecular weight excluding hydrogens is 294 g/mol. The summed E-state index contributed by atoms with van der Waals surface area (Å²) in [4.78, 5) is 14.3. The number of hydrogen-bond donors (Lipinski definition) is 0. The van der Waals surface area contributed by atoms with E-state index < -0.39 is 0 Å². The van der Waals surface area contributed by atoms with E-state index >= 15 is 0 Å². The highest BCUT2D eigenvalue weighted by Gasteiger charge is 2.27. The average Bonchev–Trinajstić information content (AvgIpc) is 2.82. The topological polar surface area (TPSA) is 29.5 Å². The molecule has 0 radical (unpaired) electrons. The van der Waals surface area contributed by atoms with Crippen LogP contribution in [0, 0.1) is 0 Å². The second-order valence-corrected chi connectivity index (χ2v) is 5.51. The number of nitrogens with zero attached hydrogens (tertiary/aromatic N) is 1. The molecule has 2 aliphatic heterocycles. The summed E-state index contributed by atoms with van der Waals surface area (Å²) in [5.74, 6) is 0.0894. The van der Waals surface area contributed by atoms with E-state index in [1.807, 2.05) is 17.0 Å². The molecule has 0 aromatic heterocycles. The van der Waals surface area contributed by atoms with Crippen molar-refractivity contribution in [2.45, 2.75) is 19.3 Å². The number of anilines is 1. The number of carbonyl (C=O) groups is 1. The monoisotopic (exact) mass is 307 g/mol. The van der Waals surface area contributed by atoms with E-state index in [2.05, 4.69) is 22.0 Å². The molecule has 0 bridgehead atoms. The van der Waals surface area contributed by atoms with Crippen molar-refractivity contribution < 1.29 is 9.53 Å². The Balaban J connectivity index is 1.89. The quantitative estimate of drug-likeness (QED) is 0.798. The zero-order valence-corrected chi connectivity index (χ0v) is 11.6. The van der Waals surface area contributed by atoms with Crippen LogP contribution in [0.5, 0.6) is 0 Å². The minimum Gasteiger partial charge on any atom is -0.501 e. The predicted octanol–water partition coefficient (Wildman–Crippen LogP) is 3.03. The van der Waals surface area contributed by atoms with E-state index in [1.165, 1.54) is 5.56 Å². The molecule has 0 aliphatic carbocycles. The highest BCUT2D eigenvalue weighted by atomic mass is 79.9. The van der Waals surface area contributed by atoms with Crippen LogP contribution < -0.4 is 4.90 Å². The van der Waals surface area contributed by atoms with Crippen molar-refractivity contribution in [2.24, 2.45) is 0 Å². The van der Waals surface area contributed by atoms with E-state index in [9.17, 15) is 4.79 Å². The predicted molar refractivity (Wildman–Crippen MR) is 73.5 cm³/mol. The summed E-state index contributed by atoms with van der Waals surface area (Å²) in [6.45, 7) is 1.49. The van der Waals surface area contributed by atoms with Crippen LogP contribution in [-0.2, 0) is 16.0 Å². The molecule has 2 aliphatic rings. The zero-order valence-electron chi connectivity index (χ0n) is 9.99. The first kappa shape index (κ1) is 11.8. The largest absolute Gasteiger partial charge is 0.501 e. The molecule has 0 fully saturated rings. The van der Waals surface area contributed by atoms with Gasteiger partial charge in [0.1, 0.15) is 0 Å². The van der Waals surface area contributed by atoms with Crippen molar-refractivity contribution in [2.75, 3.05) is 18.1 Å². The molecule has 94 valence electrons. The highest BCUT2D eigenvalue weighted by molar-refractivity contribution is 9.10. The Kier molecular flexibility index (Phi) is 3.12. The van der Waals surface area contributed by atoms with Crippen LogP contribution in [0.25, 0.3) is 0 Å². The van der Waals surface area contributed by atoms with Gasteiger partial charge in [0.25, 0.3) is 5.91 Å². The third-order valence-electron chi connectivity index (χ3n) is 3.40. The molecule has 0 N–H and O–H groups in total. The Hall–Kier alpha value is -1.29. The summed E-state index contributed by atoms with van der Waals surface area (Å²) in [5.41, 5.74) is 3.05. The lowest BCUT2D eigenvalue weighted by Crippen LogP contribution is -2.31. The maximum atomic E-state index is 12.4. The number of hydrogen-bond acceptors (Lipinski definition) is 2. The summed E-state index contributed by atoms with van der Waals surface area (Å²) in [7, 11) is 0. The van der Waals surface area contributed by atoms with Crippen LogP contribution in [0.15, 0.2) is 34.5 Å². The molecule has 0 unspecified atom stereocenters. The molecule has 3 nitrogen and oxygen atoms in total. The highest BCUT2D eigenvalue weighted by Crippen LogP contribution is 2.32. The second-order valence-electron chi connectivity index (χ2n) is 4.60. The van der Waals surface area contributed by atoms with Crippen molar-refractivity contribution in [1.82, 2.24) is 0 Å². The van der Waals surface area contributed by atoms with Crippen LogP contribution in [0.3, 0.4) is 0 Å². The number of rotatable bonds is 1. The lowest BCUT2D eigenvalue weighted by Gasteiger charge is -2.21. The Bertz CT molecular complexity index is 525. The van der Waals surface area contributed by atoms with Gasteiger partial charge >= 0.3 is 0 Å². The minimum absolute atomic E-state index is 0.0894. The summed E-state index contributed by atoms with van der Waals surface area (Å²) in [5, 5.41) is 0. The number of benzene rings is 1. The maximum Gasteiger partial charge on any atom is 0.257 e. The van der Waals surface area contributed by atoms with Crippen molar-refractivity contribution in [3.63, 3.8) is 0 Å². The summed E-state index contributed by atoms with van der Waals surface area (Å²) in [6, 6.07) is 6.12.